The van der Waals surface area contributed by atoms with E-state index in [1.165, 1.54) is 84.5 Å². The summed E-state index contributed by atoms with van der Waals surface area (Å²) in [5, 5.41) is 23.6. The number of allylic oxidation sites excluding steroid dienone is 1. The molecule has 0 radical (unpaired) electrons. The van der Waals surface area contributed by atoms with Gasteiger partial charge < -0.3 is 19.7 Å². The number of benzene rings is 2. The molecular weight excluding hydrogens is 436 g/mol. The molecule has 184 valence electrons. The van der Waals surface area contributed by atoms with Crippen molar-refractivity contribution in [1.29, 1.82) is 0 Å². The number of hydrogen-bond donors (Lipinski definition) is 2. The summed E-state index contributed by atoms with van der Waals surface area (Å²) in [4.78, 5) is 0.154. The SMILES string of the molecule is CCCCCCCCCCCCC/C=C/S(=O)c1cc(O)c2c(OC)ccc(OC)c2c1O. The Bertz CT molecular complexity index is 923. The number of rotatable bonds is 16. The highest BCUT2D eigenvalue weighted by Gasteiger charge is 2.21. The molecule has 5 nitrogen and oxygen atoms in total. The minimum absolute atomic E-state index is 0.110. The van der Waals surface area contributed by atoms with Gasteiger partial charge >= 0.3 is 0 Å². The predicted octanol–water partition coefficient (Wildman–Crippen LogP) is 7.59. The van der Waals surface area contributed by atoms with Crippen molar-refractivity contribution in [3.8, 4) is 23.0 Å². The highest BCUT2D eigenvalue weighted by molar-refractivity contribution is 7.88. The van der Waals surface area contributed by atoms with Crippen LogP contribution in [0.1, 0.15) is 84.0 Å². The molecule has 0 aliphatic carbocycles. The molecule has 0 bridgehead atoms. The third-order valence-electron chi connectivity index (χ3n) is 5.97. The van der Waals surface area contributed by atoms with E-state index in [-0.39, 0.29) is 16.4 Å². The molecular formula is C27H40O5S. The Labute approximate surface area is 201 Å². The van der Waals surface area contributed by atoms with Gasteiger partial charge in [0.15, 0.2) is 0 Å². The maximum Gasteiger partial charge on any atom is 0.144 e. The maximum absolute atomic E-state index is 12.8. The number of aromatic hydroxyl groups is 2. The normalized spacial score (nSPS) is 12.5. The van der Waals surface area contributed by atoms with E-state index in [1.54, 1.807) is 17.5 Å². The first-order valence-electron chi connectivity index (χ1n) is 12.2. The lowest BCUT2D eigenvalue weighted by Crippen LogP contribution is -1.94. The van der Waals surface area contributed by atoms with Gasteiger partial charge in [0.05, 0.1) is 40.7 Å². The van der Waals surface area contributed by atoms with E-state index in [9.17, 15) is 14.4 Å². The Kier molecular flexibility index (Phi) is 12.2. The highest BCUT2D eigenvalue weighted by Crippen LogP contribution is 2.46. The predicted molar refractivity (Wildman–Crippen MR) is 137 cm³/mol. The zero-order valence-electron chi connectivity index (χ0n) is 20.4. The van der Waals surface area contributed by atoms with Crippen molar-refractivity contribution in [2.75, 3.05) is 14.2 Å². The Balaban J connectivity index is 1.84. The van der Waals surface area contributed by atoms with Gasteiger partial charge in [0, 0.05) is 11.5 Å². The zero-order valence-corrected chi connectivity index (χ0v) is 21.2. The molecule has 2 N–H and O–H groups in total. The number of unbranched alkanes of at least 4 members (excludes halogenated alkanes) is 11. The van der Waals surface area contributed by atoms with Gasteiger partial charge in [-0.25, -0.2) is 4.21 Å². The molecule has 1 atom stereocenters. The van der Waals surface area contributed by atoms with Crippen LogP contribution in [0.4, 0.5) is 0 Å². The first kappa shape index (κ1) is 27.0. The molecule has 2 aromatic rings. The number of phenolic OH excluding ortho intramolecular Hbond substituents is 2. The molecule has 0 aliphatic rings. The molecule has 2 rings (SSSR count). The van der Waals surface area contributed by atoms with Crippen LogP contribution in [0, 0.1) is 0 Å². The Morgan fingerprint density at radius 1 is 0.818 bits per heavy atom. The summed E-state index contributed by atoms with van der Waals surface area (Å²) in [6, 6.07) is 4.64. The largest absolute Gasteiger partial charge is 0.507 e. The van der Waals surface area contributed by atoms with Crippen LogP contribution in [0.15, 0.2) is 34.6 Å². The second kappa shape index (κ2) is 14.8. The van der Waals surface area contributed by atoms with Gasteiger partial charge in [0.2, 0.25) is 0 Å². The summed E-state index contributed by atoms with van der Waals surface area (Å²) in [6.45, 7) is 2.25. The third-order valence-corrected chi connectivity index (χ3v) is 7.16. The Hall–Kier alpha value is -2.21. The van der Waals surface area contributed by atoms with Gasteiger partial charge in [-0.1, -0.05) is 77.2 Å². The number of phenols is 2. The maximum atomic E-state index is 12.8. The van der Waals surface area contributed by atoms with Crippen LogP contribution in [0.5, 0.6) is 23.0 Å². The second-order valence-electron chi connectivity index (χ2n) is 8.46. The van der Waals surface area contributed by atoms with Crippen molar-refractivity contribution < 1.29 is 23.9 Å². The molecule has 0 heterocycles. The van der Waals surface area contributed by atoms with Crippen molar-refractivity contribution >= 4 is 21.6 Å². The summed E-state index contributed by atoms with van der Waals surface area (Å²) in [5.74, 6) is 0.502. The van der Waals surface area contributed by atoms with Crippen LogP contribution in [-0.2, 0) is 10.8 Å². The monoisotopic (exact) mass is 476 g/mol. The Morgan fingerprint density at radius 3 is 1.88 bits per heavy atom. The highest BCUT2D eigenvalue weighted by atomic mass is 32.2. The number of fused-ring (bicyclic) bond motifs is 1. The number of ether oxygens (including phenoxy) is 2. The lowest BCUT2D eigenvalue weighted by Gasteiger charge is -2.14. The topological polar surface area (TPSA) is 76.0 Å². The molecule has 1 unspecified atom stereocenters. The van der Waals surface area contributed by atoms with Crippen LogP contribution in [0.25, 0.3) is 10.8 Å². The number of hydrogen-bond acceptors (Lipinski definition) is 5. The fraction of sp³-hybridized carbons (Fsp3) is 0.556. The van der Waals surface area contributed by atoms with Crippen molar-refractivity contribution in [3.05, 3.63) is 29.7 Å². The summed E-state index contributed by atoms with van der Waals surface area (Å²) < 4.78 is 23.4. The summed E-state index contributed by atoms with van der Waals surface area (Å²) >= 11 is 0. The van der Waals surface area contributed by atoms with Gasteiger partial charge in [-0.3, -0.25) is 0 Å². The molecule has 6 heteroatoms. The molecule has 0 saturated carbocycles. The third kappa shape index (κ3) is 7.95. The van der Waals surface area contributed by atoms with E-state index >= 15 is 0 Å². The van der Waals surface area contributed by atoms with Gasteiger partial charge in [-0.15, -0.1) is 0 Å². The van der Waals surface area contributed by atoms with E-state index < -0.39 is 10.8 Å². The standard InChI is InChI=1S/C27H40O5S/c1-4-5-6-7-8-9-10-11-12-13-14-15-16-19-33(30)24-20-21(28)25-22(31-2)17-18-23(32-3)26(25)27(24)29/h16-20,28-29H,4-15H2,1-3H3/b19-16+. The van der Waals surface area contributed by atoms with Crippen LogP contribution in [0.3, 0.4) is 0 Å². The second-order valence-corrected chi connectivity index (χ2v) is 9.76. The van der Waals surface area contributed by atoms with E-state index in [1.807, 2.05) is 6.08 Å². The van der Waals surface area contributed by atoms with Gasteiger partial charge in [0.25, 0.3) is 0 Å². The lowest BCUT2D eigenvalue weighted by molar-refractivity contribution is 0.403. The molecule has 2 aromatic carbocycles. The van der Waals surface area contributed by atoms with E-state index in [4.69, 9.17) is 9.47 Å². The smallest absolute Gasteiger partial charge is 0.144 e. The molecule has 0 amide bonds. The van der Waals surface area contributed by atoms with Crippen molar-refractivity contribution in [2.24, 2.45) is 0 Å². The first-order valence-corrected chi connectivity index (χ1v) is 13.4. The van der Waals surface area contributed by atoms with Gasteiger partial charge in [-0.05, 0) is 25.0 Å². The lowest BCUT2D eigenvalue weighted by atomic mass is 10.1. The van der Waals surface area contributed by atoms with Crippen LogP contribution < -0.4 is 9.47 Å². The van der Waals surface area contributed by atoms with Gasteiger partial charge in [0.1, 0.15) is 23.0 Å². The van der Waals surface area contributed by atoms with Crippen LogP contribution in [0.2, 0.25) is 0 Å². The Morgan fingerprint density at radius 2 is 1.33 bits per heavy atom. The molecule has 0 aromatic heterocycles. The summed E-state index contributed by atoms with van der Waals surface area (Å²) in [6.07, 6.45) is 17.0. The average Bonchev–Trinajstić information content (AvgIpc) is 2.83. The van der Waals surface area contributed by atoms with Gasteiger partial charge in [-0.2, -0.15) is 0 Å². The molecule has 33 heavy (non-hydrogen) atoms. The molecule has 0 aliphatic heterocycles. The number of methoxy groups -OCH3 is 2. The summed E-state index contributed by atoms with van der Waals surface area (Å²) in [5.41, 5.74) is 0. The fourth-order valence-electron chi connectivity index (χ4n) is 4.09. The average molecular weight is 477 g/mol. The van der Waals surface area contributed by atoms with Crippen LogP contribution in [-0.4, -0.2) is 28.6 Å². The summed E-state index contributed by atoms with van der Waals surface area (Å²) in [7, 11) is 1.39. The van der Waals surface area contributed by atoms with E-state index in [0.29, 0.717) is 22.3 Å². The van der Waals surface area contributed by atoms with Crippen molar-refractivity contribution in [3.63, 3.8) is 0 Å². The van der Waals surface area contributed by atoms with E-state index in [0.717, 1.165) is 12.8 Å². The quantitative estimate of drug-likeness (QED) is 0.193. The first-order chi connectivity index (χ1) is 16.0. The zero-order chi connectivity index (χ0) is 24.1. The van der Waals surface area contributed by atoms with Crippen molar-refractivity contribution in [2.45, 2.75) is 88.9 Å². The fourth-order valence-corrected chi connectivity index (χ4v) is 5.07. The minimum Gasteiger partial charge on any atom is -0.507 e. The van der Waals surface area contributed by atoms with Crippen molar-refractivity contribution in [1.82, 2.24) is 0 Å². The molecule has 0 saturated heterocycles. The molecule has 0 fully saturated rings. The minimum atomic E-state index is -1.58. The van der Waals surface area contributed by atoms with Crippen LogP contribution >= 0.6 is 0 Å². The molecule has 0 spiro atoms. The van der Waals surface area contributed by atoms with E-state index in [2.05, 4.69) is 6.92 Å².